The zero-order valence-electron chi connectivity index (χ0n) is 14.4. The molecule has 2 aromatic rings. The summed E-state index contributed by atoms with van der Waals surface area (Å²) in [5.41, 5.74) is 2.26. The van der Waals surface area contributed by atoms with Crippen LogP contribution >= 0.6 is 11.3 Å². The minimum absolute atomic E-state index is 0.0212. The molecule has 1 N–H and O–H groups in total. The van der Waals surface area contributed by atoms with Gasteiger partial charge in [-0.1, -0.05) is 42.7 Å². The second-order valence-electron chi connectivity index (χ2n) is 7.02. The highest BCUT2D eigenvalue weighted by molar-refractivity contribution is 7.15. The fourth-order valence-electron chi connectivity index (χ4n) is 3.59. The van der Waals surface area contributed by atoms with Crippen LogP contribution in [0.4, 0.5) is 10.8 Å². The Morgan fingerprint density at radius 1 is 1.16 bits per heavy atom. The summed E-state index contributed by atoms with van der Waals surface area (Å²) in [5, 5.41) is 13.1. The molecule has 5 nitrogen and oxygen atoms in total. The predicted molar refractivity (Wildman–Crippen MR) is 101 cm³/mol. The van der Waals surface area contributed by atoms with Gasteiger partial charge >= 0.3 is 0 Å². The van der Waals surface area contributed by atoms with Gasteiger partial charge in [0.2, 0.25) is 11.0 Å². The Morgan fingerprint density at radius 3 is 2.76 bits per heavy atom. The summed E-state index contributed by atoms with van der Waals surface area (Å²) in [5.74, 6) is 0.511. The highest BCUT2D eigenvalue weighted by atomic mass is 32.1. The molecule has 2 fully saturated rings. The highest BCUT2D eigenvalue weighted by Gasteiger charge is 2.20. The van der Waals surface area contributed by atoms with E-state index in [1.807, 2.05) is 12.1 Å². The first kappa shape index (κ1) is 16.5. The maximum Gasteiger partial charge on any atom is 0.230 e. The van der Waals surface area contributed by atoms with Gasteiger partial charge in [0.1, 0.15) is 5.01 Å². The molecule has 1 amide bonds. The zero-order chi connectivity index (χ0) is 17.1. The number of nitrogens with zero attached hydrogens (tertiary/aromatic N) is 3. The maximum atomic E-state index is 12.3. The number of nitrogens with one attached hydrogen (secondary N) is 1. The normalized spacial score (nSPS) is 18.0. The quantitative estimate of drug-likeness (QED) is 0.880. The lowest BCUT2D eigenvalue weighted by Crippen LogP contribution is -2.36. The summed E-state index contributed by atoms with van der Waals surface area (Å²) in [7, 11) is 0. The van der Waals surface area contributed by atoms with Crippen molar-refractivity contribution in [2.45, 2.75) is 50.9 Å². The lowest BCUT2D eigenvalue weighted by atomic mass is 9.90. The van der Waals surface area contributed by atoms with Crippen LogP contribution in [0.2, 0.25) is 0 Å². The van der Waals surface area contributed by atoms with Gasteiger partial charge in [0.05, 0.1) is 6.42 Å². The molecule has 1 saturated carbocycles. The molecule has 1 aliphatic heterocycles. The molecular formula is C19H24N4OS. The molecule has 0 bridgehead atoms. The highest BCUT2D eigenvalue weighted by Crippen LogP contribution is 2.35. The van der Waals surface area contributed by atoms with Crippen LogP contribution in [0, 0.1) is 0 Å². The fourth-order valence-corrected chi connectivity index (χ4v) is 4.51. The third kappa shape index (κ3) is 4.00. The largest absolute Gasteiger partial charge is 0.371 e. The predicted octanol–water partition coefficient (Wildman–Crippen LogP) is 3.98. The monoisotopic (exact) mass is 356 g/mol. The van der Waals surface area contributed by atoms with Crippen LogP contribution in [-0.4, -0.2) is 29.2 Å². The summed E-state index contributed by atoms with van der Waals surface area (Å²) in [6.45, 7) is 2.23. The van der Waals surface area contributed by atoms with Gasteiger partial charge in [-0.3, -0.25) is 4.79 Å². The van der Waals surface area contributed by atoms with Crippen LogP contribution in [0.3, 0.4) is 0 Å². The molecule has 6 heteroatoms. The number of hydrogen-bond donors (Lipinski definition) is 1. The first-order valence-electron chi connectivity index (χ1n) is 9.25. The Kier molecular flexibility index (Phi) is 4.97. The van der Waals surface area contributed by atoms with Gasteiger partial charge in [0.25, 0.3) is 0 Å². The summed E-state index contributed by atoms with van der Waals surface area (Å²) in [4.78, 5) is 14.7. The molecule has 1 aromatic carbocycles. The number of amides is 1. The van der Waals surface area contributed by atoms with Crippen LogP contribution in [0.15, 0.2) is 24.3 Å². The van der Waals surface area contributed by atoms with E-state index in [2.05, 4.69) is 32.5 Å². The Hall–Kier alpha value is -1.95. The number of carbonyl (C=O) groups is 1. The number of benzene rings is 1. The molecule has 132 valence electrons. The average Bonchev–Trinajstić information content (AvgIpc) is 3.03. The van der Waals surface area contributed by atoms with E-state index in [-0.39, 0.29) is 5.91 Å². The molecule has 1 aromatic heterocycles. The number of carbonyl (C=O) groups excluding carboxylic acids is 1. The second-order valence-corrected chi connectivity index (χ2v) is 8.02. The molecule has 0 radical (unpaired) electrons. The standard InChI is InChI=1S/C19H24N4OS/c24-17(13-14-6-4-9-16(12-14)23-10-5-11-23)20-19-22-21-18(25-19)15-7-2-1-3-8-15/h4,6,9,12,15H,1-3,5,7-8,10-11,13H2,(H,20,22,24). The van der Waals surface area contributed by atoms with Crippen molar-refractivity contribution in [3.8, 4) is 0 Å². The summed E-state index contributed by atoms with van der Waals surface area (Å²) in [6, 6.07) is 8.27. The van der Waals surface area contributed by atoms with Crippen molar-refractivity contribution in [3.05, 3.63) is 34.8 Å². The Balaban J connectivity index is 1.35. The fraction of sp³-hybridized carbons (Fsp3) is 0.526. The van der Waals surface area contributed by atoms with Gasteiger partial charge in [-0.05, 0) is 37.0 Å². The van der Waals surface area contributed by atoms with Crippen LogP contribution in [0.1, 0.15) is 55.0 Å². The van der Waals surface area contributed by atoms with Crippen LogP contribution in [0.5, 0.6) is 0 Å². The summed E-state index contributed by atoms with van der Waals surface area (Å²) in [6.07, 6.45) is 7.91. The Labute approximate surface area is 152 Å². The van der Waals surface area contributed by atoms with E-state index in [1.165, 1.54) is 55.5 Å². The van der Waals surface area contributed by atoms with E-state index in [4.69, 9.17) is 0 Å². The average molecular weight is 356 g/mol. The van der Waals surface area contributed by atoms with Crippen molar-refractivity contribution in [3.63, 3.8) is 0 Å². The van der Waals surface area contributed by atoms with Crippen molar-refractivity contribution in [2.75, 3.05) is 23.3 Å². The molecule has 2 heterocycles. The van der Waals surface area contributed by atoms with Crippen molar-refractivity contribution in [1.82, 2.24) is 10.2 Å². The molecule has 0 unspecified atom stereocenters. The van der Waals surface area contributed by atoms with Crippen molar-refractivity contribution in [1.29, 1.82) is 0 Å². The summed E-state index contributed by atoms with van der Waals surface area (Å²) >= 11 is 1.54. The molecule has 0 spiro atoms. The van der Waals surface area contributed by atoms with E-state index < -0.39 is 0 Å². The van der Waals surface area contributed by atoms with Gasteiger partial charge in [-0.25, -0.2) is 0 Å². The van der Waals surface area contributed by atoms with Crippen molar-refractivity contribution >= 4 is 28.1 Å². The molecule has 0 atom stereocenters. The van der Waals surface area contributed by atoms with Gasteiger partial charge in [-0.15, -0.1) is 10.2 Å². The molecule has 1 aliphatic carbocycles. The maximum absolute atomic E-state index is 12.3. The number of aromatic nitrogens is 2. The van der Waals surface area contributed by atoms with E-state index >= 15 is 0 Å². The van der Waals surface area contributed by atoms with E-state index in [9.17, 15) is 4.79 Å². The number of anilines is 2. The first-order chi connectivity index (χ1) is 12.3. The lowest BCUT2D eigenvalue weighted by molar-refractivity contribution is -0.115. The van der Waals surface area contributed by atoms with Crippen molar-refractivity contribution < 1.29 is 4.79 Å². The van der Waals surface area contributed by atoms with Gasteiger partial charge in [0, 0.05) is 24.7 Å². The lowest BCUT2D eigenvalue weighted by Gasteiger charge is -2.33. The SMILES string of the molecule is O=C(Cc1cccc(N2CCC2)c1)Nc1nnc(C2CCCCC2)s1. The molecule has 1 saturated heterocycles. The van der Waals surface area contributed by atoms with Gasteiger partial charge < -0.3 is 10.2 Å². The molecular weight excluding hydrogens is 332 g/mol. The summed E-state index contributed by atoms with van der Waals surface area (Å²) < 4.78 is 0. The Morgan fingerprint density at radius 2 is 2.00 bits per heavy atom. The number of rotatable bonds is 5. The Bertz CT molecular complexity index is 735. The van der Waals surface area contributed by atoms with Gasteiger partial charge in [-0.2, -0.15) is 0 Å². The first-order valence-corrected chi connectivity index (χ1v) is 10.1. The van der Waals surface area contributed by atoms with Crippen LogP contribution in [0.25, 0.3) is 0 Å². The minimum atomic E-state index is -0.0212. The van der Waals surface area contributed by atoms with Gasteiger partial charge in [0.15, 0.2) is 0 Å². The second kappa shape index (κ2) is 7.52. The molecule has 25 heavy (non-hydrogen) atoms. The smallest absolute Gasteiger partial charge is 0.230 e. The number of hydrogen-bond acceptors (Lipinski definition) is 5. The molecule has 2 aliphatic rings. The van der Waals surface area contributed by atoms with Crippen molar-refractivity contribution in [2.24, 2.45) is 0 Å². The van der Waals surface area contributed by atoms with Crippen LogP contribution in [-0.2, 0) is 11.2 Å². The molecule has 4 rings (SSSR count). The minimum Gasteiger partial charge on any atom is -0.371 e. The zero-order valence-corrected chi connectivity index (χ0v) is 15.2. The third-order valence-electron chi connectivity index (χ3n) is 5.14. The topological polar surface area (TPSA) is 58.1 Å². The van der Waals surface area contributed by atoms with E-state index in [0.717, 1.165) is 23.7 Å². The van der Waals surface area contributed by atoms with E-state index in [0.29, 0.717) is 17.5 Å². The van der Waals surface area contributed by atoms with E-state index in [1.54, 1.807) is 0 Å². The van der Waals surface area contributed by atoms with Crippen LogP contribution < -0.4 is 10.2 Å². The third-order valence-corrected chi connectivity index (χ3v) is 6.14.